The number of carboxylic acid groups (broad SMARTS) is 1. The van der Waals surface area contributed by atoms with Crippen LogP contribution in [0.4, 0.5) is 0 Å². The molecule has 2 unspecified atom stereocenters. The van der Waals surface area contributed by atoms with E-state index in [0.29, 0.717) is 0 Å². The van der Waals surface area contributed by atoms with Crippen LogP contribution in [0.25, 0.3) is 0 Å². The number of likely N-dealkylation sites (tertiary alicyclic amines) is 1. The Balaban J connectivity index is 1.79. The van der Waals surface area contributed by atoms with Gasteiger partial charge in [-0.05, 0) is 57.5 Å². The molecule has 1 aliphatic heterocycles. The fourth-order valence-corrected chi connectivity index (χ4v) is 3.93. The summed E-state index contributed by atoms with van der Waals surface area (Å²) in [5.41, 5.74) is 0. The molecule has 0 aromatic heterocycles. The molecule has 2 rings (SSSR count). The molecule has 2 N–H and O–H groups in total. The van der Waals surface area contributed by atoms with Crippen LogP contribution in [0.15, 0.2) is 0 Å². The molecule has 0 radical (unpaired) electrons. The fourth-order valence-electron chi connectivity index (χ4n) is 3.93. The highest BCUT2D eigenvalue weighted by Crippen LogP contribution is 2.35. The van der Waals surface area contributed by atoms with E-state index in [0.717, 1.165) is 37.9 Å². The van der Waals surface area contributed by atoms with E-state index in [1.807, 2.05) is 0 Å². The average Bonchev–Trinajstić information content (AvgIpc) is 3.08. The van der Waals surface area contributed by atoms with Crippen LogP contribution in [0, 0.1) is 5.92 Å². The van der Waals surface area contributed by atoms with Crippen molar-refractivity contribution in [3.8, 4) is 0 Å². The zero-order chi connectivity index (χ0) is 14.4. The lowest BCUT2D eigenvalue weighted by atomic mass is 9.96. The van der Waals surface area contributed by atoms with Gasteiger partial charge < -0.3 is 15.3 Å². The molecule has 4 nitrogen and oxygen atoms in total. The largest absolute Gasteiger partial charge is 0.480 e. The van der Waals surface area contributed by atoms with Gasteiger partial charge in [-0.3, -0.25) is 4.79 Å². The summed E-state index contributed by atoms with van der Waals surface area (Å²) in [7, 11) is 0. The quantitative estimate of drug-likeness (QED) is 0.718. The number of nitrogens with one attached hydrogen (secondary N) is 1. The van der Waals surface area contributed by atoms with Crippen LogP contribution in [0.3, 0.4) is 0 Å². The van der Waals surface area contributed by atoms with Crippen molar-refractivity contribution in [2.75, 3.05) is 19.6 Å². The van der Waals surface area contributed by atoms with Crippen molar-refractivity contribution in [3.63, 3.8) is 0 Å². The maximum absolute atomic E-state index is 11.3. The van der Waals surface area contributed by atoms with Gasteiger partial charge in [0.2, 0.25) is 0 Å². The van der Waals surface area contributed by atoms with E-state index < -0.39 is 5.97 Å². The summed E-state index contributed by atoms with van der Waals surface area (Å²) in [5, 5.41) is 12.4. The number of rotatable bonds is 8. The summed E-state index contributed by atoms with van der Waals surface area (Å²) in [6.07, 6.45) is 9.90. The molecule has 1 heterocycles. The van der Waals surface area contributed by atoms with Gasteiger partial charge in [0.05, 0.1) is 0 Å². The first kappa shape index (κ1) is 15.8. The monoisotopic (exact) mass is 282 g/mol. The highest BCUT2D eigenvalue weighted by atomic mass is 16.4. The first-order valence-corrected chi connectivity index (χ1v) is 8.42. The summed E-state index contributed by atoms with van der Waals surface area (Å²) in [4.78, 5) is 13.8. The van der Waals surface area contributed by atoms with E-state index in [-0.39, 0.29) is 6.04 Å². The molecule has 0 aromatic carbocycles. The Kier molecular flexibility index (Phi) is 6.30. The molecule has 2 fully saturated rings. The van der Waals surface area contributed by atoms with E-state index in [4.69, 9.17) is 0 Å². The Morgan fingerprint density at radius 2 is 2.05 bits per heavy atom. The highest BCUT2D eigenvalue weighted by Gasteiger charge is 2.33. The number of carboxylic acids is 1. The highest BCUT2D eigenvalue weighted by molar-refractivity contribution is 5.73. The third-order valence-corrected chi connectivity index (χ3v) is 5.00. The molecule has 1 aliphatic carbocycles. The summed E-state index contributed by atoms with van der Waals surface area (Å²) < 4.78 is 0. The number of carbonyl (C=O) groups is 1. The predicted octanol–water partition coefficient (Wildman–Crippen LogP) is 2.48. The number of aliphatic carboxylic acids is 1. The molecular formula is C16H30N2O2. The molecule has 0 spiro atoms. The Hall–Kier alpha value is -0.610. The summed E-state index contributed by atoms with van der Waals surface area (Å²) >= 11 is 0. The van der Waals surface area contributed by atoms with Crippen LogP contribution in [0.2, 0.25) is 0 Å². The fraction of sp³-hybridized carbons (Fsp3) is 0.938. The maximum atomic E-state index is 11.3. The topological polar surface area (TPSA) is 52.6 Å². The van der Waals surface area contributed by atoms with Crippen LogP contribution in [0.1, 0.15) is 58.3 Å². The lowest BCUT2D eigenvalue weighted by molar-refractivity contribution is -0.139. The van der Waals surface area contributed by atoms with Gasteiger partial charge in [-0.25, -0.2) is 0 Å². The molecular weight excluding hydrogens is 252 g/mol. The predicted molar refractivity (Wildman–Crippen MR) is 80.9 cm³/mol. The zero-order valence-electron chi connectivity index (χ0n) is 12.8. The first-order valence-electron chi connectivity index (χ1n) is 8.42. The second-order valence-electron chi connectivity index (χ2n) is 6.42. The first-order chi connectivity index (χ1) is 9.72. The zero-order valence-corrected chi connectivity index (χ0v) is 12.8. The van der Waals surface area contributed by atoms with Crippen LogP contribution >= 0.6 is 0 Å². The Labute approximate surface area is 122 Å². The minimum absolute atomic E-state index is 0.375. The SMILES string of the molecule is CCCNC(CCN1CCCC1C1CCCC1)C(=O)O. The van der Waals surface area contributed by atoms with Crippen molar-refractivity contribution in [1.82, 2.24) is 10.2 Å². The number of nitrogens with zero attached hydrogens (tertiary/aromatic N) is 1. The molecule has 0 bridgehead atoms. The summed E-state index contributed by atoms with van der Waals surface area (Å²) in [5.74, 6) is 0.180. The normalized spacial score (nSPS) is 26.1. The molecule has 0 aromatic rings. The molecule has 20 heavy (non-hydrogen) atoms. The molecule has 4 heteroatoms. The molecule has 2 aliphatic rings. The number of hydrogen-bond acceptors (Lipinski definition) is 3. The van der Waals surface area contributed by atoms with Crippen molar-refractivity contribution in [2.24, 2.45) is 5.92 Å². The second-order valence-corrected chi connectivity index (χ2v) is 6.42. The van der Waals surface area contributed by atoms with Crippen molar-refractivity contribution < 1.29 is 9.90 Å². The van der Waals surface area contributed by atoms with E-state index in [1.165, 1.54) is 45.1 Å². The Morgan fingerprint density at radius 1 is 1.30 bits per heavy atom. The van der Waals surface area contributed by atoms with Crippen molar-refractivity contribution in [3.05, 3.63) is 0 Å². The third kappa shape index (κ3) is 4.19. The number of hydrogen-bond donors (Lipinski definition) is 2. The smallest absolute Gasteiger partial charge is 0.320 e. The molecule has 2 atom stereocenters. The van der Waals surface area contributed by atoms with Gasteiger partial charge in [0.25, 0.3) is 0 Å². The van der Waals surface area contributed by atoms with E-state index in [2.05, 4.69) is 17.1 Å². The molecule has 116 valence electrons. The van der Waals surface area contributed by atoms with E-state index in [1.54, 1.807) is 0 Å². The van der Waals surface area contributed by atoms with Gasteiger partial charge in [-0.1, -0.05) is 19.8 Å². The minimum Gasteiger partial charge on any atom is -0.480 e. The van der Waals surface area contributed by atoms with Gasteiger partial charge in [0, 0.05) is 12.6 Å². The molecule has 1 saturated heterocycles. The third-order valence-electron chi connectivity index (χ3n) is 5.00. The van der Waals surface area contributed by atoms with Crippen LogP contribution in [-0.4, -0.2) is 47.7 Å². The van der Waals surface area contributed by atoms with Gasteiger partial charge in [0.15, 0.2) is 0 Å². The van der Waals surface area contributed by atoms with Crippen molar-refractivity contribution in [2.45, 2.75) is 70.4 Å². The lowest BCUT2D eigenvalue weighted by Crippen LogP contribution is -2.42. The van der Waals surface area contributed by atoms with Crippen LogP contribution < -0.4 is 5.32 Å². The standard InChI is InChI=1S/C16H30N2O2/c1-2-10-17-14(16(19)20)9-12-18-11-5-8-15(18)13-6-3-4-7-13/h13-15,17H,2-12H2,1H3,(H,19,20). The Morgan fingerprint density at radius 3 is 2.70 bits per heavy atom. The summed E-state index contributed by atoms with van der Waals surface area (Å²) in [6, 6.07) is 0.359. The summed E-state index contributed by atoms with van der Waals surface area (Å²) in [6.45, 7) is 4.97. The van der Waals surface area contributed by atoms with Crippen molar-refractivity contribution in [1.29, 1.82) is 0 Å². The molecule has 0 amide bonds. The average molecular weight is 282 g/mol. The van der Waals surface area contributed by atoms with Gasteiger partial charge in [-0.2, -0.15) is 0 Å². The van der Waals surface area contributed by atoms with Crippen molar-refractivity contribution >= 4 is 5.97 Å². The maximum Gasteiger partial charge on any atom is 0.320 e. The van der Waals surface area contributed by atoms with E-state index in [9.17, 15) is 9.90 Å². The Bertz CT molecular complexity index is 303. The van der Waals surface area contributed by atoms with Gasteiger partial charge in [0.1, 0.15) is 6.04 Å². The molecule has 1 saturated carbocycles. The van der Waals surface area contributed by atoms with Gasteiger partial charge >= 0.3 is 5.97 Å². The van der Waals surface area contributed by atoms with E-state index >= 15 is 0 Å². The minimum atomic E-state index is -0.699. The lowest BCUT2D eigenvalue weighted by Gasteiger charge is -2.30. The van der Waals surface area contributed by atoms with Crippen LogP contribution in [0.5, 0.6) is 0 Å². The second kappa shape index (κ2) is 7.99. The van der Waals surface area contributed by atoms with Crippen LogP contribution in [-0.2, 0) is 4.79 Å². The van der Waals surface area contributed by atoms with Gasteiger partial charge in [-0.15, -0.1) is 0 Å².